The Balaban J connectivity index is 1.69. The molecule has 5 heteroatoms. The Bertz CT molecular complexity index is 658. The molecule has 2 heterocycles. The third-order valence-electron chi connectivity index (χ3n) is 5.58. The zero-order valence-electron chi connectivity index (χ0n) is 15.5. The lowest BCUT2D eigenvalue weighted by Crippen LogP contribution is -2.53. The minimum absolute atomic E-state index is 0.0112. The second kappa shape index (κ2) is 8.47. The summed E-state index contributed by atoms with van der Waals surface area (Å²) in [6, 6.07) is 8.97. The van der Waals surface area contributed by atoms with Crippen LogP contribution in [0.25, 0.3) is 0 Å². The highest BCUT2D eigenvalue weighted by Crippen LogP contribution is 2.26. The number of carbonyl (C=O) groups excluding carboxylic acids is 3. The number of carbonyl (C=O) groups is 3. The number of likely N-dealkylation sites (tertiary alicyclic amines) is 2. The number of amides is 2. The fourth-order valence-corrected chi connectivity index (χ4v) is 4.13. The van der Waals surface area contributed by atoms with Crippen molar-refractivity contribution in [2.24, 2.45) is 5.92 Å². The monoisotopic (exact) mass is 356 g/mol. The van der Waals surface area contributed by atoms with E-state index in [1.807, 2.05) is 37.3 Å². The molecule has 2 aliphatic heterocycles. The van der Waals surface area contributed by atoms with E-state index in [1.54, 1.807) is 9.80 Å². The molecule has 0 bridgehead atoms. The van der Waals surface area contributed by atoms with E-state index in [0.29, 0.717) is 31.6 Å². The number of Topliss-reactive ketones (excluding diaryl/α,β-unsaturated/α-hetero) is 1. The molecular weight excluding hydrogens is 328 g/mol. The van der Waals surface area contributed by atoms with E-state index in [0.717, 1.165) is 32.1 Å². The topological polar surface area (TPSA) is 57.7 Å². The SMILES string of the molecule is CCC(=O)C1CCCCN1C(=O)C1CCCN(C(=O)c2ccccc2)C1. The van der Waals surface area contributed by atoms with Crippen molar-refractivity contribution in [3.05, 3.63) is 35.9 Å². The molecule has 3 rings (SSSR count). The van der Waals surface area contributed by atoms with Crippen LogP contribution in [0.3, 0.4) is 0 Å². The molecule has 0 N–H and O–H groups in total. The number of hydrogen-bond donors (Lipinski definition) is 0. The van der Waals surface area contributed by atoms with Gasteiger partial charge in [-0.25, -0.2) is 0 Å². The van der Waals surface area contributed by atoms with Gasteiger partial charge in [0.05, 0.1) is 12.0 Å². The lowest BCUT2D eigenvalue weighted by molar-refractivity contribution is -0.145. The van der Waals surface area contributed by atoms with Crippen molar-refractivity contribution in [2.45, 2.75) is 51.5 Å². The summed E-state index contributed by atoms with van der Waals surface area (Å²) in [7, 11) is 0. The summed E-state index contributed by atoms with van der Waals surface area (Å²) in [5.41, 5.74) is 0.664. The zero-order valence-corrected chi connectivity index (χ0v) is 15.5. The smallest absolute Gasteiger partial charge is 0.253 e. The largest absolute Gasteiger partial charge is 0.338 e. The average molecular weight is 356 g/mol. The van der Waals surface area contributed by atoms with Gasteiger partial charge < -0.3 is 9.80 Å². The van der Waals surface area contributed by atoms with Crippen molar-refractivity contribution in [3.63, 3.8) is 0 Å². The van der Waals surface area contributed by atoms with E-state index in [2.05, 4.69) is 0 Å². The van der Waals surface area contributed by atoms with E-state index in [9.17, 15) is 14.4 Å². The van der Waals surface area contributed by atoms with Gasteiger partial charge in [0, 0.05) is 31.6 Å². The maximum absolute atomic E-state index is 13.1. The van der Waals surface area contributed by atoms with E-state index in [4.69, 9.17) is 0 Å². The predicted molar refractivity (Wildman–Crippen MR) is 99.7 cm³/mol. The molecular formula is C21H28N2O3. The molecule has 5 nitrogen and oxygen atoms in total. The highest BCUT2D eigenvalue weighted by atomic mass is 16.2. The van der Waals surface area contributed by atoms with Crippen LogP contribution in [0.2, 0.25) is 0 Å². The molecule has 1 aromatic rings. The van der Waals surface area contributed by atoms with Crippen molar-refractivity contribution >= 4 is 17.6 Å². The van der Waals surface area contributed by atoms with Gasteiger partial charge in [0.1, 0.15) is 0 Å². The number of hydrogen-bond acceptors (Lipinski definition) is 3. The number of rotatable bonds is 4. The van der Waals surface area contributed by atoms with E-state index >= 15 is 0 Å². The van der Waals surface area contributed by atoms with Gasteiger partial charge in [0.2, 0.25) is 5.91 Å². The van der Waals surface area contributed by atoms with Crippen LogP contribution in [-0.2, 0) is 9.59 Å². The summed E-state index contributed by atoms with van der Waals surface area (Å²) in [5.74, 6) is 0.0118. The molecule has 0 radical (unpaired) electrons. The Morgan fingerprint density at radius 1 is 1.00 bits per heavy atom. The molecule has 140 valence electrons. The number of ketones is 1. The normalized spacial score (nSPS) is 23.6. The zero-order chi connectivity index (χ0) is 18.5. The third-order valence-corrected chi connectivity index (χ3v) is 5.58. The minimum atomic E-state index is -0.263. The van der Waals surface area contributed by atoms with E-state index < -0.39 is 0 Å². The lowest BCUT2D eigenvalue weighted by atomic mass is 9.91. The Morgan fingerprint density at radius 3 is 2.50 bits per heavy atom. The van der Waals surface area contributed by atoms with E-state index in [1.165, 1.54) is 0 Å². The quantitative estimate of drug-likeness (QED) is 0.833. The lowest BCUT2D eigenvalue weighted by Gasteiger charge is -2.39. The van der Waals surface area contributed by atoms with Gasteiger partial charge in [-0.3, -0.25) is 14.4 Å². The average Bonchev–Trinajstić information content (AvgIpc) is 2.72. The Labute approximate surface area is 155 Å². The molecule has 0 aliphatic carbocycles. The van der Waals surface area contributed by atoms with E-state index in [-0.39, 0.29) is 29.6 Å². The summed E-state index contributed by atoms with van der Waals surface area (Å²) >= 11 is 0. The second-order valence-corrected chi connectivity index (χ2v) is 7.32. The Kier molecular flexibility index (Phi) is 6.07. The minimum Gasteiger partial charge on any atom is -0.338 e. The van der Waals surface area contributed by atoms with Gasteiger partial charge in [-0.15, -0.1) is 0 Å². The van der Waals surface area contributed by atoms with Gasteiger partial charge in [-0.1, -0.05) is 25.1 Å². The first-order valence-corrected chi connectivity index (χ1v) is 9.79. The first-order valence-electron chi connectivity index (χ1n) is 9.79. The Morgan fingerprint density at radius 2 is 1.77 bits per heavy atom. The summed E-state index contributed by atoms with van der Waals surface area (Å²) < 4.78 is 0. The molecule has 26 heavy (non-hydrogen) atoms. The first-order chi connectivity index (χ1) is 12.6. The van der Waals surface area contributed by atoms with Crippen LogP contribution in [0, 0.1) is 5.92 Å². The molecule has 0 saturated carbocycles. The predicted octanol–water partition coefficient (Wildman–Crippen LogP) is 2.90. The number of benzene rings is 1. The standard InChI is InChI=1S/C21H28N2O3/c1-2-19(24)18-12-6-7-14-23(18)21(26)17-11-8-13-22(15-17)20(25)16-9-4-3-5-10-16/h3-5,9-10,17-18H,2,6-8,11-15H2,1H3. The van der Waals surface area contributed by atoms with Crippen LogP contribution in [-0.4, -0.2) is 53.1 Å². The molecule has 2 amide bonds. The molecule has 2 fully saturated rings. The van der Waals surface area contributed by atoms with Crippen molar-refractivity contribution in [2.75, 3.05) is 19.6 Å². The highest BCUT2D eigenvalue weighted by molar-refractivity contribution is 5.95. The van der Waals surface area contributed by atoms with Crippen LogP contribution < -0.4 is 0 Å². The Hall–Kier alpha value is -2.17. The van der Waals surface area contributed by atoms with Crippen LogP contribution in [0.1, 0.15) is 55.8 Å². The second-order valence-electron chi connectivity index (χ2n) is 7.32. The summed E-state index contributed by atoms with van der Waals surface area (Å²) in [4.78, 5) is 41.7. The van der Waals surface area contributed by atoms with Crippen LogP contribution >= 0.6 is 0 Å². The highest BCUT2D eigenvalue weighted by Gasteiger charge is 2.37. The van der Waals surface area contributed by atoms with Crippen LogP contribution in [0.5, 0.6) is 0 Å². The maximum Gasteiger partial charge on any atom is 0.253 e. The molecule has 2 saturated heterocycles. The fourth-order valence-electron chi connectivity index (χ4n) is 4.13. The van der Waals surface area contributed by atoms with Gasteiger partial charge in [-0.2, -0.15) is 0 Å². The molecule has 2 unspecified atom stereocenters. The number of nitrogens with zero attached hydrogens (tertiary/aromatic N) is 2. The third kappa shape index (κ3) is 3.97. The van der Waals surface area contributed by atoms with Gasteiger partial charge in [-0.05, 0) is 44.2 Å². The molecule has 1 aromatic carbocycles. The molecule has 2 atom stereocenters. The maximum atomic E-state index is 13.1. The van der Waals surface area contributed by atoms with Crippen molar-refractivity contribution in [1.82, 2.24) is 9.80 Å². The van der Waals surface area contributed by atoms with Crippen LogP contribution in [0.4, 0.5) is 0 Å². The summed E-state index contributed by atoms with van der Waals surface area (Å²) in [6.45, 7) is 3.67. The van der Waals surface area contributed by atoms with Crippen molar-refractivity contribution < 1.29 is 14.4 Å². The van der Waals surface area contributed by atoms with Crippen molar-refractivity contribution in [1.29, 1.82) is 0 Å². The number of piperidine rings is 2. The molecule has 0 spiro atoms. The van der Waals surface area contributed by atoms with Gasteiger partial charge in [0.15, 0.2) is 5.78 Å². The summed E-state index contributed by atoms with van der Waals surface area (Å²) in [6.07, 6.45) is 4.83. The fraction of sp³-hybridized carbons (Fsp3) is 0.571. The van der Waals surface area contributed by atoms with Crippen molar-refractivity contribution in [3.8, 4) is 0 Å². The molecule has 0 aromatic heterocycles. The van der Waals surface area contributed by atoms with Gasteiger partial charge in [0.25, 0.3) is 5.91 Å². The van der Waals surface area contributed by atoms with Gasteiger partial charge >= 0.3 is 0 Å². The molecule has 2 aliphatic rings. The first kappa shape index (κ1) is 18.6. The van der Waals surface area contributed by atoms with Crippen LogP contribution in [0.15, 0.2) is 30.3 Å². The summed E-state index contributed by atoms with van der Waals surface area (Å²) in [5, 5.41) is 0.